The molecule has 0 saturated heterocycles. The summed E-state index contributed by atoms with van der Waals surface area (Å²) in [6, 6.07) is 6.63. The van der Waals surface area contributed by atoms with Gasteiger partial charge in [0.25, 0.3) is 0 Å². The first-order valence-corrected chi connectivity index (χ1v) is 18.5. The van der Waals surface area contributed by atoms with Crippen LogP contribution in [0.4, 0.5) is 5.69 Å². The number of nitrogens with one attached hydrogen (secondary N) is 3. The standard InChI is InChI=1S/C21H28N2O2.C11H18.C7H15NO.C3H9NO.C2H6.CH2O/c1-7-9-11-16(10-8-2)19(20(24)22-6)23(25)18-14-12-17(13-15-18)21(3,4)5;1-6-7-8-9-10(2)11(3,4)5;1-7(2,3)5-6(9)8-4;1-2-3-4-5;2*1-2/h2,7,9,11-15,19,25H,10H2,1,3-6H3,(H,22,24);6-9H,2H2,1,3-5H3;5H2,1-4H3,(H,8,9);4-5H,2-3H2,1H3;1-2H3;1H2/b9-7-,16-11+;7-6-,9-8-;;;;. The number of benzene rings is 1. The predicted octanol–water partition coefficient (Wildman–Crippen LogP) is 9.93. The normalized spacial score (nSPS) is 11.7. The minimum absolute atomic E-state index is 0.0134. The summed E-state index contributed by atoms with van der Waals surface area (Å²) in [5.41, 5.74) is 5.82. The molecule has 0 heterocycles. The zero-order valence-corrected chi connectivity index (χ0v) is 36.8. The van der Waals surface area contributed by atoms with Crippen LogP contribution in [0.2, 0.25) is 0 Å². The molecule has 2 amide bonds. The van der Waals surface area contributed by atoms with Crippen LogP contribution in [0.25, 0.3) is 0 Å². The van der Waals surface area contributed by atoms with Crippen molar-refractivity contribution in [2.24, 2.45) is 10.8 Å². The fourth-order valence-corrected chi connectivity index (χ4v) is 3.64. The summed E-state index contributed by atoms with van der Waals surface area (Å²) in [7, 11) is 3.20. The zero-order chi connectivity index (χ0) is 43.6. The van der Waals surface area contributed by atoms with Crippen molar-refractivity contribution < 1.29 is 24.8 Å². The Morgan fingerprint density at radius 1 is 0.907 bits per heavy atom. The molecule has 0 aliphatic heterocycles. The molecule has 0 fully saturated rings. The fraction of sp³-hybridized carbons (Fsp3) is 0.533. The third-order valence-electron chi connectivity index (χ3n) is 6.79. The molecule has 0 aromatic heterocycles. The molecule has 0 aliphatic rings. The van der Waals surface area contributed by atoms with Gasteiger partial charge in [-0.05, 0) is 65.4 Å². The van der Waals surface area contributed by atoms with Crippen molar-refractivity contribution in [3.63, 3.8) is 0 Å². The van der Waals surface area contributed by atoms with Crippen molar-refractivity contribution in [2.75, 3.05) is 25.7 Å². The van der Waals surface area contributed by atoms with E-state index in [2.05, 4.69) is 70.8 Å². The molecule has 0 spiro atoms. The van der Waals surface area contributed by atoms with Gasteiger partial charge >= 0.3 is 0 Å². The third-order valence-corrected chi connectivity index (χ3v) is 6.79. The summed E-state index contributed by atoms with van der Waals surface area (Å²) in [5, 5.41) is 24.7. The lowest BCUT2D eigenvalue weighted by Crippen LogP contribution is -2.46. The Labute approximate surface area is 331 Å². The topological polar surface area (TPSA) is 131 Å². The molecule has 9 nitrogen and oxygen atoms in total. The molecule has 0 bridgehead atoms. The molecule has 0 aliphatic carbocycles. The highest BCUT2D eigenvalue weighted by atomic mass is 16.5. The van der Waals surface area contributed by atoms with Crippen molar-refractivity contribution in [1.82, 2.24) is 16.1 Å². The van der Waals surface area contributed by atoms with E-state index in [1.165, 1.54) is 7.05 Å². The van der Waals surface area contributed by atoms with Crippen LogP contribution >= 0.6 is 0 Å². The Morgan fingerprint density at radius 2 is 1.41 bits per heavy atom. The second kappa shape index (κ2) is 34.5. The van der Waals surface area contributed by atoms with Crippen molar-refractivity contribution >= 4 is 24.3 Å². The maximum Gasteiger partial charge on any atom is 0.249 e. The molecule has 5 N–H and O–H groups in total. The van der Waals surface area contributed by atoms with Crippen LogP contribution in [0.15, 0.2) is 84.5 Å². The lowest BCUT2D eigenvalue weighted by atomic mass is 9.87. The number of amides is 2. The summed E-state index contributed by atoms with van der Waals surface area (Å²) in [5.74, 6) is 2.34. The van der Waals surface area contributed by atoms with Gasteiger partial charge < -0.3 is 20.6 Å². The molecule has 0 radical (unpaired) electrons. The number of hydrogen-bond acceptors (Lipinski definition) is 7. The van der Waals surface area contributed by atoms with Crippen LogP contribution in [-0.4, -0.2) is 55.7 Å². The van der Waals surface area contributed by atoms with E-state index in [1.54, 1.807) is 31.3 Å². The maximum atomic E-state index is 12.4. The molecule has 54 heavy (non-hydrogen) atoms. The second-order valence-corrected chi connectivity index (χ2v) is 14.8. The predicted molar refractivity (Wildman–Crippen MR) is 233 cm³/mol. The fourth-order valence-electron chi connectivity index (χ4n) is 3.64. The van der Waals surface area contributed by atoms with E-state index in [9.17, 15) is 14.8 Å². The van der Waals surface area contributed by atoms with E-state index in [0.717, 1.165) is 22.6 Å². The average Bonchev–Trinajstić information content (AvgIpc) is 3.12. The van der Waals surface area contributed by atoms with E-state index in [4.69, 9.17) is 16.4 Å². The summed E-state index contributed by atoms with van der Waals surface area (Å²) < 4.78 is 0. The molecule has 1 atom stereocenters. The SMILES string of the molecule is C#CC/C(=C\C=C/C)C(C(=O)NC)N(O)c1ccc(C(C)(C)C)cc1.C=C(/C=C\C=C/C)C(C)(C)C.C=O.CC.CCCNO.CNC(=O)CC(C)(C)C. The lowest BCUT2D eigenvalue weighted by Gasteiger charge is -2.28. The monoisotopic (exact) mass is 755 g/mol. The van der Waals surface area contributed by atoms with Gasteiger partial charge in [-0.15, -0.1) is 12.3 Å². The summed E-state index contributed by atoms with van der Waals surface area (Å²) in [4.78, 5) is 31.1. The smallest absolute Gasteiger partial charge is 0.249 e. The number of carbonyl (C=O) groups is 3. The third kappa shape index (κ3) is 32.4. The first-order valence-electron chi connectivity index (χ1n) is 18.5. The molecule has 0 saturated carbocycles. The number of terminal acetylenes is 1. The minimum Gasteiger partial charge on any atom is -0.359 e. The Hall–Kier alpha value is -4.23. The van der Waals surface area contributed by atoms with Gasteiger partial charge in [0.2, 0.25) is 11.8 Å². The van der Waals surface area contributed by atoms with Crippen LogP contribution in [0.5, 0.6) is 0 Å². The van der Waals surface area contributed by atoms with E-state index in [-0.39, 0.29) is 34.5 Å². The van der Waals surface area contributed by atoms with Crippen LogP contribution in [0, 0.1) is 23.2 Å². The maximum absolute atomic E-state index is 12.4. The van der Waals surface area contributed by atoms with Crippen LogP contribution in [0.1, 0.15) is 122 Å². The van der Waals surface area contributed by atoms with E-state index in [0.29, 0.717) is 24.2 Å². The summed E-state index contributed by atoms with van der Waals surface area (Å²) >= 11 is 0. The van der Waals surface area contributed by atoms with Crippen molar-refractivity contribution in [3.05, 3.63) is 90.1 Å². The number of allylic oxidation sites excluding steroid dienone is 8. The number of likely N-dealkylation sites (N-methyl/N-ethyl adjacent to an activating group) is 1. The lowest BCUT2D eigenvalue weighted by molar-refractivity contribution is -0.123. The van der Waals surface area contributed by atoms with Gasteiger partial charge in [0.15, 0.2) is 6.04 Å². The van der Waals surface area contributed by atoms with Gasteiger partial charge in [-0.1, -0.05) is 144 Å². The highest BCUT2D eigenvalue weighted by molar-refractivity contribution is 5.88. The summed E-state index contributed by atoms with van der Waals surface area (Å²) in [6.07, 6.45) is 20.8. The van der Waals surface area contributed by atoms with Crippen molar-refractivity contribution in [2.45, 2.75) is 128 Å². The minimum atomic E-state index is -0.891. The summed E-state index contributed by atoms with van der Waals surface area (Å²) in [6.45, 7) is 35.5. The molecular formula is C45H78N4O5. The average molecular weight is 755 g/mol. The van der Waals surface area contributed by atoms with Gasteiger partial charge in [-0.3, -0.25) is 14.8 Å². The number of rotatable bonds is 11. The van der Waals surface area contributed by atoms with Gasteiger partial charge in [0.05, 0.1) is 5.69 Å². The Morgan fingerprint density at radius 3 is 1.70 bits per heavy atom. The van der Waals surface area contributed by atoms with E-state index < -0.39 is 6.04 Å². The Kier molecular flexibility index (Phi) is 37.8. The Bertz CT molecular complexity index is 1280. The molecule has 308 valence electrons. The quantitative estimate of drug-likeness (QED) is 0.0864. The number of carbonyl (C=O) groups excluding carboxylic acids is 3. The highest BCUT2D eigenvalue weighted by Gasteiger charge is 2.28. The highest BCUT2D eigenvalue weighted by Crippen LogP contribution is 2.27. The molecule has 1 unspecified atom stereocenters. The van der Waals surface area contributed by atoms with E-state index in [1.807, 2.05) is 104 Å². The van der Waals surface area contributed by atoms with Crippen LogP contribution < -0.4 is 21.2 Å². The second-order valence-electron chi connectivity index (χ2n) is 14.8. The largest absolute Gasteiger partial charge is 0.359 e. The zero-order valence-electron chi connectivity index (χ0n) is 36.8. The van der Waals surface area contributed by atoms with Gasteiger partial charge in [-0.2, -0.15) is 0 Å². The molecule has 1 aromatic rings. The molecule has 9 heteroatoms. The van der Waals surface area contributed by atoms with Crippen LogP contribution in [-0.2, 0) is 19.8 Å². The van der Waals surface area contributed by atoms with Gasteiger partial charge in [-0.25, -0.2) is 10.5 Å². The van der Waals surface area contributed by atoms with Crippen molar-refractivity contribution in [1.29, 1.82) is 0 Å². The molecular weight excluding hydrogens is 677 g/mol. The first-order chi connectivity index (χ1) is 25.1. The van der Waals surface area contributed by atoms with Crippen molar-refractivity contribution in [3.8, 4) is 12.3 Å². The number of anilines is 1. The number of hydrogen-bond donors (Lipinski definition) is 5. The molecule has 1 aromatic carbocycles. The number of nitrogens with zero attached hydrogens (tertiary/aromatic N) is 1. The van der Waals surface area contributed by atoms with Crippen LogP contribution in [0.3, 0.4) is 0 Å². The number of hydroxylamine groups is 2. The van der Waals surface area contributed by atoms with Gasteiger partial charge in [0, 0.05) is 33.5 Å². The van der Waals surface area contributed by atoms with Gasteiger partial charge in [0.1, 0.15) is 6.79 Å². The Balaban J connectivity index is -0.000000227. The molecule has 1 rings (SSSR count). The van der Waals surface area contributed by atoms with E-state index >= 15 is 0 Å². The first kappa shape index (κ1) is 59.1.